The van der Waals surface area contributed by atoms with Crippen LogP contribution in [-0.4, -0.2) is 38.8 Å². The maximum atomic E-state index is 12.6. The van der Waals surface area contributed by atoms with Crippen LogP contribution in [0.1, 0.15) is 24.3 Å². The van der Waals surface area contributed by atoms with Crippen molar-refractivity contribution in [3.8, 4) is 11.3 Å². The Balaban J connectivity index is 1.72. The van der Waals surface area contributed by atoms with Crippen molar-refractivity contribution in [3.63, 3.8) is 0 Å². The number of hydrogen-bond acceptors (Lipinski definition) is 4. The van der Waals surface area contributed by atoms with E-state index < -0.39 is 0 Å². The molecule has 0 aliphatic heterocycles. The number of carbonyl (C=O) groups is 1. The number of aromatic nitrogens is 3. The Kier molecular flexibility index (Phi) is 4.79. The summed E-state index contributed by atoms with van der Waals surface area (Å²) in [5.74, 6) is -0.180. The number of nitrogens with zero attached hydrogens (tertiary/aromatic N) is 2. The van der Waals surface area contributed by atoms with Crippen molar-refractivity contribution in [2.45, 2.75) is 19.9 Å². The first-order chi connectivity index (χ1) is 13.6. The van der Waals surface area contributed by atoms with Crippen molar-refractivity contribution in [2.24, 2.45) is 5.92 Å². The normalized spacial score (nSPS) is 12.6. The standard InChI is InChI=1S/C22H22N4O2/c1-13(2)19(12-27)24-22(28)18-10-9-17-21(23-18)20(26-25-17)16-8-7-14-5-3-4-6-15(14)11-16/h3-11,13,19,27H,12H2,1-2H3,(H,24,28)(H,25,26). The van der Waals surface area contributed by atoms with Gasteiger partial charge in [-0.2, -0.15) is 5.10 Å². The average Bonchev–Trinajstić information content (AvgIpc) is 3.14. The van der Waals surface area contributed by atoms with Crippen LogP contribution in [0.2, 0.25) is 0 Å². The summed E-state index contributed by atoms with van der Waals surface area (Å²) in [6.45, 7) is 3.79. The molecule has 1 amide bonds. The number of pyridine rings is 1. The van der Waals surface area contributed by atoms with Crippen molar-refractivity contribution >= 4 is 27.7 Å². The summed E-state index contributed by atoms with van der Waals surface area (Å²) in [4.78, 5) is 17.1. The molecule has 4 aromatic rings. The molecule has 142 valence electrons. The number of aliphatic hydroxyl groups is 1. The van der Waals surface area contributed by atoms with Gasteiger partial charge in [0.15, 0.2) is 0 Å². The molecule has 0 fully saturated rings. The fourth-order valence-electron chi connectivity index (χ4n) is 3.23. The van der Waals surface area contributed by atoms with Gasteiger partial charge in [-0.1, -0.05) is 50.2 Å². The van der Waals surface area contributed by atoms with E-state index in [0.29, 0.717) is 16.9 Å². The maximum absolute atomic E-state index is 12.6. The molecular formula is C22H22N4O2. The van der Waals surface area contributed by atoms with Gasteiger partial charge >= 0.3 is 0 Å². The Morgan fingerprint density at radius 3 is 2.64 bits per heavy atom. The molecular weight excluding hydrogens is 352 g/mol. The van der Waals surface area contributed by atoms with Crippen molar-refractivity contribution in [2.75, 3.05) is 6.61 Å². The third kappa shape index (κ3) is 3.34. The second-order valence-electron chi connectivity index (χ2n) is 7.23. The molecule has 0 radical (unpaired) electrons. The first-order valence-electron chi connectivity index (χ1n) is 9.33. The molecule has 0 aliphatic carbocycles. The number of hydrogen-bond donors (Lipinski definition) is 3. The fraction of sp³-hybridized carbons (Fsp3) is 0.227. The predicted molar refractivity (Wildman–Crippen MR) is 110 cm³/mol. The van der Waals surface area contributed by atoms with Gasteiger partial charge in [0.2, 0.25) is 0 Å². The van der Waals surface area contributed by atoms with Gasteiger partial charge in [0, 0.05) is 5.56 Å². The molecule has 4 rings (SSSR count). The van der Waals surface area contributed by atoms with E-state index >= 15 is 0 Å². The van der Waals surface area contributed by atoms with Crippen LogP contribution in [0.25, 0.3) is 33.1 Å². The second kappa shape index (κ2) is 7.40. The third-order valence-corrected chi connectivity index (χ3v) is 4.98. The van der Waals surface area contributed by atoms with Crippen LogP contribution in [0.3, 0.4) is 0 Å². The van der Waals surface area contributed by atoms with Crippen LogP contribution in [0.4, 0.5) is 0 Å². The molecule has 28 heavy (non-hydrogen) atoms. The zero-order valence-corrected chi connectivity index (χ0v) is 15.8. The number of aromatic amines is 1. The van der Waals surface area contributed by atoms with Crippen molar-refractivity contribution < 1.29 is 9.90 Å². The van der Waals surface area contributed by atoms with E-state index in [9.17, 15) is 9.90 Å². The minimum absolute atomic E-state index is 0.111. The highest BCUT2D eigenvalue weighted by Crippen LogP contribution is 2.28. The number of carbonyl (C=O) groups excluding carboxylic acids is 1. The van der Waals surface area contributed by atoms with E-state index in [2.05, 4.69) is 44.8 Å². The van der Waals surface area contributed by atoms with E-state index in [-0.39, 0.29) is 24.5 Å². The van der Waals surface area contributed by atoms with E-state index in [0.717, 1.165) is 21.9 Å². The lowest BCUT2D eigenvalue weighted by Gasteiger charge is -2.19. The van der Waals surface area contributed by atoms with Gasteiger partial charge in [-0.25, -0.2) is 4.98 Å². The predicted octanol–water partition coefficient (Wildman–Crippen LogP) is 3.52. The van der Waals surface area contributed by atoms with Crippen molar-refractivity contribution in [1.29, 1.82) is 0 Å². The maximum Gasteiger partial charge on any atom is 0.270 e. The molecule has 0 saturated carbocycles. The molecule has 2 aromatic carbocycles. The Morgan fingerprint density at radius 1 is 1.11 bits per heavy atom. The quantitative estimate of drug-likeness (QED) is 0.498. The largest absolute Gasteiger partial charge is 0.394 e. The number of benzene rings is 2. The number of H-pyrrole nitrogens is 1. The summed E-state index contributed by atoms with van der Waals surface area (Å²) in [5.41, 5.74) is 3.36. The van der Waals surface area contributed by atoms with Gasteiger partial charge in [0.1, 0.15) is 16.9 Å². The first-order valence-corrected chi connectivity index (χ1v) is 9.33. The summed E-state index contributed by atoms with van der Waals surface area (Å²) in [7, 11) is 0. The monoisotopic (exact) mass is 374 g/mol. The molecule has 0 aliphatic rings. The van der Waals surface area contributed by atoms with Gasteiger partial charge in [0.05, 0.1) is 18.2 Å². The van der Waals surface area contributed by atoms with Crippen molar-refractivity contribution in [1.82, 2.24) is 20.5 Å². The number of fused-ring (bicyclic) bond motifs is 2. The van der Waals surface area contributed by atoms with Gasteiger partial charge < -0.3 is 10.4 Å². The van der Waals surface area contributed by atoms with Crippen LogP contribution >= 0.6 is 0 Å². The number of amides is 1. The zero-order valence-electron chi connectivity index (χ0n) is 15.8. The Hall–Kier alpha value is -3.25. The van der Waals surface area contributed by atoms with Crippen LogP contribution in [0, 0.1) is 5.92 Å². The van der Waals surface area contributed by atoms with E-state index in [4.69, 9.17) is 0 Å². The summed E-state index contributed by atoms with van der Waals surface area (Å²) in [6.07, 6.45) is 0. The molecule has 0 bridgehead atoms. The van der Waals surface area contributed by atoms with Crippen LogP contribution in [-0.2, 0) is 0 Å². The molecule has 1 unspecified atom stereocenters. The van der Waals surface area contributed by atoms with Gasteiger partial charge in [-0.3, -0.25) is 9.89 Å². The molecule has 6 nitrogen and oxygen atoms in total. The highest BCUT2D eigenvalue weighted by molar-refractivity contribution is 5.98. The Labute approximate surface area is 162 Å². The van der Waals surface area contributed by atoms with E-state index in [1.807, 2.05) is 32.0 Å². The summed E-state index contributed by atoms with van der Waals surface area (Å²) in [5, 5.41) is 22.0. The molecule has 6 heteroatoms. The number of aliphatic hydroxyl groups excluding tert-OH is 1. The van der Waals surface area contributed by atoms with Crippen LogP contribution in [0.5, 0.6) is 0 Å². The fourth-order valence-corrected chi connectivity index (χ4v) is 3.23. The van der Waals surface area contributed by atoms with Gasteiger partial charge in [-0.15, -0.1) is 0 Å². The smallest absolute Gasteiger partial charge is 0.270 e. The third-order valence-electron chi connectivity index (χ3n) is 4.98. The van der Waals surface area contributed by atoms with Gasteiger partial charge in [-0.05, 0) is 34.9 Å². The molecule has 3 N–H and O–H groups in total. The number of nitrogens with one attached hydrogen (secondary N) is 2. The van der Waals surface area contributed by atoms with Crippen LogP contribution < -0.4 is 5.32 Å². The summed E-state index contributed by atoms with van der Waals surface area (Å²) < 4.78 is 0. The lowest BCUT2D eigenvalue weighted by Crippen LogP contribution is -2.41. The highest BCUT2D eigenvalue weighted by Gasteiger charge is 2.19. The minimum Gasteiger partial charge on any atom is -0.394 e. The Morgan fingerprint density at radius 2 is 1.89 bits per heavy atom. The highest BCUT2D eigenvalue weighted by atomic mass is 16.3. The molecule has 0 spiro atoms. The molecule has 1 atom stereocenters. The van der Waals surface area contributed by atoms with Crippen molar-refractivity contribution in [3.05, 3.63) is 60.3 Å². The zero-order chi connectivity index (χ0) is 19.7. The van der Waals surface area contributed by atoms with Crippen LogP contribution in [0.15, 0.2) is 54.6 Å². The lowest BCUT2D eigenvalue weighted by atomic mass is 10.0. The summed E-state index contributed by atoms with van der Waals surface area (Å²) >= 11 is 0. The Bertz CT molecular complexity index is 1150. The van der Waals surface area contributed by atoms with Gasteiger partial charge in [0.25, 0.3) is 5.91 Å². The molecule has 2 aromatic heterocycles. The molecule has 0 saturated heterocycles. The summed E-state index contributed by atoms with van der Waals surface area (Å²) in [6, 6.07) is 17.4. The first kappa shape index (κ1) is 18.1. The van der Waals surface area contributed by atoms with E-state index in [1.165, 1.54) is 0 Å². The lowest BCUT2D eigenvalue weighted by molar-refractivity contribution is 0.0892. The SMILES string of the molecule is CC(C)C(CO)NC(=O)c1ccc2[nH]nc(-c3ccc4ccccc4c3)c2n1. The molecule has 2 heterocycles. The van der Waals surface area contributed by atoms with E-state index in [1.54, 1.807) is 12.1 Å². The average molecular weight is 374 g/mol. The second-order valence-corrected chi connectivity index (χ2v) is 7.23. The number of rotatable bonds is 5. The topological polar surface area (TPSA) is 90.9 Å². The minimum atomic E-state index is -0.311.